The van der Waals surface area contributed by atoms with Crippen LogP contribution < -0.4 is 0 Å². The molecule has 0 saturated carbocycles. The number of nitrogens with zero attached hydrogens (tertiary/aromatic N) is 4. The number of benzene rings is 1. The fourth-order valence-electron chi connectivity index (χ4n) is 3.30. The smallest absolute Gasteiger partial charge is 0.139 e. The molecule has 1 aromatic carbocycles. The van der Waals surface area contributed by atoms with Gasteiger partial charge in [0.05, 0.1) is 43.0 Å². The molecular weight excluding hydrogens is 340 g/mol. The van der Waals surface area contributed by atoms with E-state index >= 15 is 0 Å². The first-order valence-corrected chi connectivity index (χ1v) is 9.01. The lowest BCUT2D eigenvalue weighted by molar-refractivity contribution is -0.118. The molecule has 3 rings (SSSR count). The van der Waals surface area contributed by atoms with E-state index in [2.05, 4.69) is 16.2 Å². The number of fused-ring (bicyclic) bond motifs is 1. The fraction of sp³-hybridized carbons (Fsp3) is 0.333. The minimum atomic E-state index is -0.239. The van der Waals surface area contributed by atoms with Gasteiger partial charge in [0, 0.05) is 23.9 Å². The Bertz CT molecular complexity index is 973. The lowest BCUT2D eigenvalue weighted by atomic mass is 9.94. The van der Waals surface area contributed by atoms with Crippen LogP contribution in [0.5, 0.6) is 0 Å². The van der Waals surface area contributed by atoms with Gasteiger partial charge < -0.3 is 5.11 Å². The van der Waals surface area contributed by atoms with Crippen molar-refractivity contribution in [2.24, 2.45) is 0 Å². The van der Waals surface area contributed by atoms with Crippen LogP contribution in [-0.2, 0) is 24.4 Å². The number of nitriles is 1. The zero-order valence-corrected chi connectivity index (χ0v) is 15.3. The van der Waals surface area contributed by atoms with Crippen LogP contribution in [0.1, 0.15) is 42.6 Å². The number of ketones is 1. The Hall–Kier alpha value is -3.04. The molecule has 0 aliphatic carbocycles. The molecule has 6 nitrogen and oxygen atoms in total. The molecule has 2 aromatic heterocycles. The number of carbonyl (C=O) groups excluding carboxylic acids is 1. The second-order valence-corrected chi connectivity index (χ2v) is 6.66. The van der Waals surface area contributed by atoms with Crippen LogP contribution in [-0.4, -0.2) is 25.7 Å². The summed E-state index contributed by atoms with van der Waals surface area (Å²) in [4.78, 5) is 17.0. The van der Waals surface area contributed by atoms with E-state index in [1.54, 1.807) is 10.9 Å². The van der Waals surface area contributed by atoms with Gasteiger partial charge in [-0.1, -0.05) is 37.3 Å². The number of hydrogen-bond donors (Lipinski definition) is 1. The summed E-state index contributed by atoms with van der Waals surface area (Å²) in [5.74, 6) is 0.257. The number of aliphatic hydroxyl groups excluding tert-OH is 1. The molecule has 0 saturated heterocycles. The Kier molecular flexibility index (Phi) is 5.94. The lowest BCUT2D eigenvalue weighted by Crippen LogP contribution is -2.10. The molecule has 138 valence electrons. The maximum Gasteiger partial charge on any atom is 0.139 e. The SMILES string of the molecule is C[C@@H](CC(=O)Cc1cc2cnn(CCC#N)c2c(CO)n1)c1ccccc1. The molecule has 0 bridgehead atoms. The molecule has 0 spiro atoms. The molecule has 6 heteroatoms. The van der Waals surface area contributed by atoms with Gasteiger partial charge in [-0.25, -0.2) is 0 Å². The highest BCUT2D eigenvalue weighted by molar-refractivity contribution is 5.85. The number of hydrogen-bond acceptors (Lipinski definition) is 5. The molecule has 0 fully saturated rings. The van der Waals surface area contributed by atoms with Crippen LogP contribution in [0.2, 0.25) is 0 Å². The molecule has 0 aliphatic rings. The third-order valence-electron chi connectivity index (χ3n) is 4.61. The van der Waals surface area contributed by atoms with Crippen molar-refractivity contribution in [2.75, 3.05) is 0 Å². The van der Waals surface area contributed by atoms with E-state index in [0.29, 0.717) is 30.8 Å². The maximum absolute atomic E-state index is 12.5. The zero-order chi connectivity index (χ0) is 19.2. The van der Waals surface area contributed by atoms with E-state index in [4.69, 9.17) is 5.26 Å². The summed E-state index contributed by atoms with van der Waals surface area (Å²) in [5, 5.41) is 23.6. The molecule has 0 amide bonds. The van der Waals surface area contributed by atoms with Crippen molar-refractivity contribution in [1.82, 2.24) is 14.8 Å². The van der Waals surface area contributed by atoms with Crippen LogP contribution in [0.15, 0.2) is 42.6 Å². The highest BCUT2D eigenvalue weighted by atomic mass is 16.3. The quantitative estimate of drug-likeness (QED) is 0.664. The first-order chi connectivity index (χ1) is 13.1. The summed E-state index contributed by atoms with van der Waals surface area (Å²) < 4.78 is 1.68. The summed E-state index contributed by atoms with van der Waals surface area (Å²) in [6, 6.07) is 13.9. The van der Waals surface area contributed by atoms with E-state index in [9.17, 15) is 9.90 Å². The molecule has 1 atom stereocenters. The highest BCUT2D eigenvalue weighted by Gasteiger charge is 2.16. The van der Waals surface area contributed by atoms with Gasteiger partial charge in [-0.2, -0.15) is 10.4 Å². The van der Waals surface area contributed by atoms with Gasteiger partial charge in [0.25, 0.3) is 0 Å². The minimum absolute atomic E-state index is 0.110. The summed E-state index contributed by atoms with van der Waals surface area (Å²) >= 11 is 0. The second kappa shape index (κ2) is 8.56. The van der Waals surface area contributed by atoms with Crippen LogP contribution in [0.4, 0.5) is 0 Å². The predicted molar refractivity (Wildman–Crippen MR) is 102 cm³/mol. The normalized spacial score (nSPS) is 12.0. The Morgan fingerprint density at radius 3 is 2.81 bits per heavy atom. The van der Waals surface area contributed by atoms with Crippen molar-refractivity contribution in [1.29, 1.82) is 5.26 Å². The van der Waals surface area contributed by atoms with Crippen LogP contribution in [0, 0.1) is 11.3 Å². The molecule has 2 heterocycles. The highest BCUT2D eigenvalue weighted by Crippen LogP contribution is 2.22. The average molecular weight is 362 g/mol. The van der Waals surface area contributed by atoms with Gasteiger partial charge in [0.2, 0.25) is 0 Å². The molecule has 0 aliphatic heterocycles. The van der Waals surface area contributed by atoms with E-state index in [1.165, 1.54) is 0 Å². The summed E-state index contributed by atoms with van der Waals surface area (Å²) in [6.07, 6.45) is 2.69. The third-order valence-corrected chi connectivity index (χ3v) is 4.61. The van der Waals surface area contributed by atoms with Gasteiger partial charge in [-0.05, 0) is 17.5 Å². The van der Waals surface area contributed by atoms with Gasteiger partial charge in [0.1, 0.15) is 5.78 Å². The first-order valence-electron chi connectivity index (χ1n) is 9.01. The van der Waals surface area contributed by atoms with Crippen LogP contribution in [0.3, 0.4) is 0 Å². The summed E-state index contributed by atoms with van der Waals surface area (Å²) in [5.41, 5.74) is 2.99. The topological polar surface area (TPSA) is 91.8 Å². The molecular formula is C21H22N4O2. The van der Waals surface area contributed by atoms with Crippen molar-refractivity contribution < 1.29 is 9.90 Å². The van der Waals surface area contributed by atoms with E-state index < -0.39 is 0 Å². The predicted octanol–water partition coefficient (Wildman–Crippen LogP) is 3.14. The lowest BCUT2D eigenvalue weighted by Gasteiger charge is -2.11. The van der Waals surface area contributed by atoms with Crippen molar-refractivity contribution in [2.45, 2.75) is 45.3 Å². The number of rotatable bonds is 8. The minimum Gasteiger partial charge on any atom is -0.390 e. The number of Topliss-reactive ketones (excluding diaryl/α,β-unsaturated/α-hetero) is 1. The van der Waals surface area contributed by atoms with Crippen molar-refractivity contribution in [3.8, 4) is 6.07 Å². The largest absolute Gasteiger partial charge is 0.390 e. The molecule has 0 radical (unpaired) electrons. The molecule has 0 unspecified atom stereocenters. The van der Waals surface area contributed by atoms with Gasteiger partial charge >= 0.3 is 0 Å². The van der Waals surface area contributed by atoms with Crippen LogP contribution >= 0.6 is 0 Å². The van der Waals surface area contributed by atoms with Crippen molar-refractivity contribution >= 4 is 16.7 Å². The first kappa shape index (κ1) is 18.7. The zero-order valence-electron chi connectivity index (χ0n) is 15.3. The average Bonchev–Trinajstić information content (AvgIpc) is 3.09. The number of pyridine rings is 1. The van der Waals surface area contributed by atoms with Gasteiger partial charge in [0.15, 0.2) is 0 Å². The van der Waals surface area contributed by atoms with Gasteiger partial charge in [-0.15, -0.1) is 0 Å². The molecule has 27 heavy (non-hydrogen) atoms. The summed E-state index contributed by atoms with van der Waals surface area (Å²) in [6.45, 7) is 2.25. The number of aliphatic hydroxyl groups is 1. The van der Waals surface area contributed by atoms with Crippen LogP contribution in [0.25, 0.3) is 10.9 Å². The Morgan fingerprint density at radius 1 is 1.33 bits per heavy atom. The van der Waals surface area contributed by atoms with Crippen molar-refractivity contribution in [3.05, 3.63) is 59.5 Å². The van der Waals surface area contributed by atoms with E-state index in [-0.39, 0.29) is 24.7 Å². The molecule has 3 aromatic rings. The Balaban J connectivity index is 1.77. The standard InChI is InChI=1S/C21H22N4O2/c1-15(16-6-3-2-4-7-16)10-19(27)12-18-11-17-13-23-25(9-5-8-22)21(17)20(14-26)24-18/h2-4,6-7,11,13,15,26H,5,9-10,12,14H2,1H3/t15-/m0/s1. The number of carbonyl (C=O) groups is 1. The maximum atomic E-state index is 12.5. The third kappa shape index (κ3) is 4.39. The van der Waals surface area contributed by atoms with Crippen molar-refractivity contribution in [3.63, 3.8) is 0 Å². The molecule has 1 N–H and O–H groups in total. The van der Waals surface area contributed by atoms with E-state index in [1.807, 2.05) is 43.3 Å². The van der Waals surface area contributed by atoms with E-state index in [0.717, 1.165) is 16.5 Å². The second-order valence-electron chi connectivity index (χ2n) is 6.66. The van der Waals surface area contributed by atoms with Gasteiger partial charge in [-0.3, -0.25) is 14.5 Å². The number of aryl methyl sites for hydroxylation is 1. The number of aromatic nitrogens is 3. The Morgan fingerprint density at radius 2 is 2.11 bits per heavy atom. The Labute approximate surface area is 158 Å². The monoisotopic (exact) mass is 362 g/mol. The fourth-order valence-corrected chi connectivity index (χ4v) is 3.30. The summed E-state index contributed by atoms with van der Waals surface area (Å²) in [7, 11) is 0.